The van der Waals surface area contributed by atoms with E-state index in [0.29, 0.717) is 0 Å². The van der Waals surface area contributed by atoms with E-state index in [2.05, 4.69) is 159 Å². The van der Waals surface area contributed by atoms with Gasteiger partial charge in [0.2, 0.25) is 0 Å². The van der Waals surface area contributed by atoms with Crippen molar-refractivity contribution < 1.29 is 4.74 Å². The molecule has 0 N–H and O–H groups in total. The Morgan fingerprint density at radius 3 is 1.55 bits per heavy atom. The maximum absolute atomic E-state index is 6.10. The molecule has 0 radical (unpaired) electrons. The molecular weight excluding hydrogens is 527 g/mol. The van der Waals surface area contributed by atoms with Crippen molar-refractivity contribution >= 4 is 45.4 Å². The quantitative estimate of drug-likeness (QED) is 0.185. The van der Waals surface area contributed by atoms with Crippen molar-refractivity contribution in [1.82, 2.24) is 0 Å². The minimum absolute atomic E-state index is 0.887. The Hall–Kier alpha value is -4.71. The van der Waals surface area contributed by atoms with Crippen LogP contribution in [0, 0.1) is 6.92 Å². The lowest BCUT2D eigenvalue weighted by atomic mass is 9.90. The van der Waals surface area contributed by atoms with E-state index in [1.54, 1.807) is 7.11 Å². The normalized spacial score (nSPS) is 11.3. The molecule has 0 amide bonds. The van der Waals surface area contributed by atoms with Crippen molar-refractivity contribution in [3.63, 3.8) is 0 Å². The Kier molecular flexibility index (Phi) is 7.04. The van der Waals surface area contributed by atoms with Gasteiger partial charge in [-0.15, -0.1) is 0 Å². The summed E-state index contributed by atoms with van der Waals surface area (Å²) in [5, 5.41) is 8.92. The summed E-state index contributed by atoms with van der Waals surface area (Å²) in [6.07, 6.45) is 0. The van der Waals surface area contributed by atoms with E-state index in [1.165, 1.54) is 59.7 Å². The zero-order valence-electron chi connectivity index (χ0n) is 23.8. The number of methoxy groups -OCH3 is 1. The molecule has 0 heterocycles. The van der Waals surface area contributed by atoms with E-state index >= 15 is 0 Å². The van der Waals surface area contributed by atoms with Gasteiger partial charge in [0, 0.05) is 10.9 Å². The molecule has 0 unspecified atom stereocenters. The molecule has 0 saturated carbocycles. The third-order valence-electron chi connectivity index (χ3n) is 8.08. The molecule has 7 rings (SSSR count). The average molecular weight is 559 g/mol. The number of aryl methyl sites for hydroxylation is 1. The maximum atomic E-state index is 6.10. The van der Waals surface area contributed by atoms with Crippen LogP contribution in [-0.2, 0) is 0 Å². The number of hydrogen-bond donors (Lipinski definition) is 0. The van der Waals surface area contributed by atoms with Crippen molar-refractivity contribution in [2.24, 2.45) is 0 Å². The van der Waals surface area contributed by atoms with Gasteiger partial charge in [-0.1, -0.05) is 146 Å². The fourth-order valence-electron chi connectivity index (χ4n) is 6.19. The smallest absolute Gasteiger partial charge is 0.127 e. The maximum Gasteiger partial charge on any atom is 0.127 e. The second-order valence-corrected chi connectivity index (χ2v) is 12.7. The fraction of sp³-hybridized carbons (Fsp3) is 0.0500. The summed E-state index contributed by atoms with van der Waals surface area (Å²) in [4.78, 5) is 0. The molecule has 0 aliphatic heterocycles. The van der Waals surface area contributed by atoms with Crippen molar-refractivity contribution in [2.75, 3.05) is 7.11 Å². The third-order valence-corrected chi connectivity index (χ3v) is 10.6. The first-order valence-electron chi connectivity index (χ1n) is 14.3. The Morgan fingerprint density at radius 1 is 0.452 bits per heavy atom. The van der Waals surface area contributed by atoms with E-state index in [4.69, 9.17) is 4.74 Å². The zero-order valence-corrected chi connectivity index (χ0v) is 24.7. The van der Waals surface area contributed by atoms with Gasteiger partial charge in [-0.3, -0.25) is 0 Å². The number of benzene rings is 7. The highest BCUT2D eigenvalue weighted by Crippen LogP contribution is 2.46. The third kappa shape index (κ3) is 4.57. The Labute approximate surface area is 248 Å². The topological polar surface area (TPSA) is 9.23 Å². The van der Waals surface area contributed by atoms with Crippen LogP contribution in [0.2, 0.25) is 0 Å². The van der Waals surface area contributed by atoms with Gasteiger partial charge in [-0.25, -0.2) is 0 Å². The Morgan fingerprint density at radius 2 is 0.952 bits per heavy atom. The van der Waals surface area contributed by atoms with Crippen LogP contribution >= 0.6 is 7.92 Å². The minimum Gasteiger partial charge on any atom is -0.496 e. The second kappa shape index (κ2) is 11.3. The van der Waals surface area contributed by atoms with Gasteiger partial charge < -0.3 is 4.74 Å². The molecule has 202 valence electrons. The molecule has 0 aliphatic rings. The summed E-state index contributed by atoms with van der Waals surface area (Å²) >= 11 is 0. The highest BCUT2D eigenvalue weighted by molar-refractivity contribution is 7.80. The van der Waals surface area contributed by atoms with Gasteiger partial charge in [0.15, 0.2) is 0 Å². The molecule has 1 nitrogen and oxygen atoms in total. The van der Waals surface area contributed by atoms with E-state index in [-0.39, 0.29) is 0 Å². The van der Waals surface area contributed by atoms with Gasteiger partial charge in [0.1, 0.15) is 5.75 Å². The molecule has 42 heavy (non-hydrogen) atoms. The van der Waals surface area contributed by atoms with Crippen LogP contribution in [0.5, 0.6) is 5.75 Å². The first-order valence-corrected chi connectivity index (χ1v) is 15.7. The van der Waals surface area contributed by atoms with Crippen LogP contribution in [0.4, 0.5) is 0 Å². The molecule has 7 aromatic carbocycles. The molecule has 0 bridgehead atoms. The van der Waals surface area contributed by atoms with Crippen LogP contribution < -0.4 is 20.7 Å². The fourth-order valence-corrected chi connectivity index (χ4v) is 8.80. The summed E-state index contributed by atoms with van der Waals surface area (Å²) in [7, 11) is 0.850. The number of rotatable bonds is 6. The standard InChI is InChI=1S/C40H31OP/c1-28-24-25-29-14-9-11-20-33(29)38(28)35-22-13-23-36(39-34-21-12-10-15-30(34)26-27-37(39)41-2)40(35)42(31-16-5-3-6-17-31)32-18-7-4-8-19-32/h3-27H,1-2H3. The van der Waals surface area contributed by atoms with Crippen LogP contribution in [0.15, 0.2) is 152 Å². The molecule has 0 saturated heterocycles. The van der Waals surface area contributed by atoms with Crippen molar-refractivity contribution in [2.45, 2.75) is 6.92 Å². The molecular formula is C40H31OP. The van der Waals surface area contributed by atoms with Crippen LogP contribution in [0.1, 0.15) is 5.56 Å². The lowest BCUT2D eigenvalue weighted by Gasteiger charge is -2.27. The van der Waals surface area contributed by atoms with Crippen molar-refractivity contribution in [3.05, 3.63) is 157 Å². The van der Waals surface area contributed by atoms with Crippen LogP contribution in [0.25, 0.3) is 43.8 Å². The van der Waals surface area contributed by atoms with Gasteiger partial charge in [-0.05, 0) is 75.3 Å². The zero-order chi connectivity index (χ0) is 28.5. The van der Waals surface area contributed by atoms with Gasteiger partial charge in [0.05, 0.1) is 7.11 Å². The van der Waals surface area contributed by atoms with Gasteiger partial charge in [0.25, 0.3) is 0 Å². The van der Waals surface area contributed by atoms with E-state index in [0.717, 1.165) is 11.3 Å². The van der Waals surface area contributed by atoms with E-state index in [1.807, 2.05) is 0 Å². The molecule has 0 aliphatic carbocycles. The SMILES string of the molecule is COc1ccc2ccccc2c1-c1cccc(-c2c(C)ccc3ccccc23)c1P(c1ccccc1)c1ccccc1. The van der Waals surface area contributed by atoms with E-state index in [9.17, 15) is 0 Å². The molecule has 2 heteroatoms. The highest BCUT2D eigenvalue weighted by atomic mass is 31.1. The summed E-state index contributed by atoms with van der Waals surface area (Å²) in [5.41, 5.74) is 6.20. The van der Waals surface area contributed by atoms with Crippen LogP contribution in [-0.4, -0.2) is 7.11 Å². The molecule has 0 aromatic heterocycles. The lowest BCUT2D eigenvalue weighted by Crippen LogP contribution is -2.24. The first kappa shape index (κ1) is 26.2. The average Bonchev–Trinajstić information content (AvgIpc) is 3.05. The monoisotopic (exact) mass is 558 g/mol. The molecule has 0 atom stereocenters. The molecule has 7 aromatic rings. The molecule has 0 spiro atoms. The van der Waals surface area contributed by atoms with Gasteiger partial charge in [-0.2, -0.15) is 0 Å². The number of hydrogen-bond acceptors (Lipinski definition) is 1. The van der Waals surface area contributed by atoms with Crippen LogP contribution in [0.3, 0.4) is 0 Å². The second-order valence-electron chi connectivity index (χ2n) is 10.6. The Bertz CT molecular complexity index is 1990. The number of fused-ring (bicyclic) bond motifs is 2. The molecule has 0 fully saturated rings. The number of ether oxygens (including phenoxy) is 1. The minimum atomic E-state index is -0.931. The predicted octanol–water partition coefficient (Wildman–Crippen LogP) is 9.40. The predicted molar refractivity (Wildman–Crippen MR) is 182 cm³/mol. The van der Waals surface area contributed by atoms with E-state index < -0.39 is 7.92 Å². The largest absolute Gasteiger partial charge is 0.496 e. The van der Waals surface area contributed by atoms with Gasteiger partial charge >= 0.3 is 0 Å². The summed E-state index contributed by atoms with van der Waals surface area (Å²) < 4.78 is 6.10. The highest BCUT2D eigenvalue weighted by Gasteiger charge is 2.27. The van der Waals surface area contributed by atoms with Crippen molar-refractivity contribution in [1.29, 1.82) is 0 Å². The first-order chi connectivity index (χ1) is 20.7. The lowest BCUT2D eigenvalue weighted by molar-refractivity contribution is 0.417. The summed E-state index contributed by atoms with van der Waals surface area (Å²) in [6.45, 7) is 2.24. The summed E-state index contributed by atoms with van der Waals surface area (Å²) in [6, 6.07) is 55.0. The van der Waals surface area contributed by atoms with Crippen molar-refractivity contribution in [3.8, 4) is 28.0 Å². The summed E-state index contributed by atoms with van der Waals surface area (Å²) in [5.74, 6) is 0.887. The Balaban J connectivity index is 1.67.